The zero-order chi connectivity index (χ0) is 19.4. The molecular formula is C16H24N6O3S2. The molecule has 1 saturated heterocycles. The van der Waals surface area contributed by atoms with Gasteiger partial charge in [0.1, 0.15) is 24.1 Å². The first-order valence-electron chi connectivity index (χ1n) is 8.52. The molecule has 0 bridgehead atoms. The van der Waals surface area contributed by atoms with Gasteiger partial charge in [0.2, 0.25) is 0 Å². The summed E-state index contributed by atoms with van der Waals surface area (Å²) in [5, 5.41) is 9.68. The lowest BCUT2D eigenvalue weighted by Crippen LogP contribution is -2.29. The molecule has 3 heterocycles. The number of ether oxygens (including phenoxy) is 2. The van der Waals surface area contributed by atoms with Gasteiger partial charge in [0, 0.05) is 20.5 Å². The molecule has 0 radical (unpaired) electrons. The standard InChI is InChI=1S/C16H24N6O3S2/c1-10(27-26-4)24-11-5-13(25-12(11)6-23)22-9-19-14-15(20-8-21(2)3)17-7-18-16(14)22/h7-13,23H,5-6H2,1-4H3/b20-8+/t10-,11?,12+,13+/m0/s1. The summed E-state index contributed by atoms with van der Waals surface area (Å²) in [5.41, 5.74) is 1.26. The predicted molar refractivity (Wildman–Crippen MR) is 108 cm³/mol. The molecule has 0 saturated carbocycles. The Morgan fingerprint density at radius 3 is 3.00 bits per heavy atom. The van der Waals surface area contributed by atoms with Gasteiger partial charge in [-0.2, -0.15) is 0 Å². The number of nitrogens with zero attached hydrogens (tertiary/aromatic N) is 6. The highest BCUT2D eigenvalue weighted by Crippen LogP contribution is 2.36. The lowest BCUT2D eigenvalue weighted by molar-refractivity contribution is -0.0628. The highest BCUT2D eigenvalue weighted by atomic mass is 33.1. The molecule has 27 heavy (non-hydrogen) atoms. The summed E-state index contributed by atoms with van der Waals surface area (Å²) in [6.07, 6.45) is 6.53. The first kappa shape index (κ1) is 20.3. The smallest absolute Gasteiger partial charge is 0.184 e. The molecule has 0 aromatic carbocycles. The lowest BCUT2D eigenvalue weighted by atomic mass is 10.2. The van der Waals surface area contributed by atoms with Crippen molar-refractivity contribution in [1.82, 2.24) is 24.4 Å². The number of hydrogen-bond donors (Lipinski definition) is 1. The maximum Gasteiger partial charge on any atom is 0.184 e. The van der Waals surface area contributed by atoms with Crippen molar-refractivity contribution in [2.45, 2.75) is 37.2 Å². The maximum absolute atomic E-state index is 9.68. The van der Waals surface area contributed by atoms with E-state index in [-0.39, 0.29) is 30.5 Å². The third-order valence-corrected chi connectivity index (χ3v) is 5.98. The Balaban J connectivity index is 1.82. The third-order valence-electron chi connectivity index (χ3n) is 4.02. The third kappa shape index (κ3) is 4.72. The molecule has 0 amide bonds. The maximum atomic E-state index is 9.68. The summed E-state index contributed by atoms with van der Waals surface area (Å²) in [5.74, 6) is 0.502. The van der Waals surface area contributed by atoms with Gasteiger partial charge in [0.05, 0.1) is 25.4 Å². The van der Waals surface area contributed by atoms with Crippen molar-refractivity contribution in [2.75, 3.05) is 27.0 Å². The van der Waals surface area contributed by atoms with Crippen molar-refractivity contribution in [3.63, 3.8) is 0 Å². The van der Waals surface area contributed by atoms with Gasteiger partial charge in [-0.05, 0) is 13.2 Å². The van der Waals surface area contributed by atoms with Crippen LogP contribution in [0.5, 0.6) is 0 Å². The molecule has 4 atom stereocenters. The number of aliphatic hydroxyl groups is 1. The van der Waals surface area contributed by atoms with Crippen molar-refractivity contribution < 1.29 is 14.6 Å². The van der Waals surface area contributed by atoms with Gasteiger partial charge in [-0.25, -0.2) is 19.9 Å². The Hall–Kier alpha value is -1.40. The Morgan fingerprint density at radius 1 is 1.48 bits per heavy atom. The van der Waals surface area contributed by atoms with Gasteiger partial charge < -0.3 is 19.5 Å². The molecule has 2 aromatic heterocycles. The highest BCUT2D eigenvalue weighted by Gasteiger charge is 2.38. The van der Waals surface area contributed by atoms with E-state index in [4.69, 9.17) is 9.47 Å². The Labute approximate surface area is 166 Å². The van der Waals surface area contributed by atoms with Crippen LogP contribution in [-0.2, 0) is 9.47 Å². The van der Waals surface area contributed by atoms with Crippen molar-refractivity contribution in [3.05, 3.63) is 12.7 Å². The second kappa shape index (κ2) is 9.20. The minimum atomic E-state index is -0.384. The second-order valence-corrected chi connectivity index (χ2v) is 9.05. The van der Waals surface area contributed by atoms with E-state index in [1.807, 2.05) is 36.7 Å². The number of hydrogen-bond acceptors (Lipinski definition) is 9. The predicted octanol–water partition coefficient (Wildman–Crippen LogP) is 2.07. The summed E-state index contributed by atoms with van der Waals surface area (Å²) in [4.78, 5) is 19.1. The quantitative estimate of drug-likeness (QED) is 0.302. The number of aliphatic imine (C=N–C) groups is 1. The largest absolute Gasteiger partial charge is 0.394 e. The van der Waals surface area contributed by atoms with Gasteiger partial charge in [0.15, 0.2) is 17.0 Å². The molecule has 0 aliphatic carbocycles. The van der Waals surface area contributed by atoms with Gasteiger partial charge in [-0.1, -0.05) is 21.6 Å². The monoisotopic (exact) mass is 412 g/mol. The molecule has 0 spiro atoms. The fourth-order valence-electron chi connectivity index (χ4n) is 2.90. The first-order chi connectivity index (χ1) is 13.0. The number of aliphatic hydroxyl groups excluding tert-OH is 1. The highest BCUT2D eigenvalue weighted by molar-refractivity contribution is 8.76. The molecule has 1 aliphatic rings. The Kier molecular flexibility index (Phi) is 6.93. The first-order valence-corrected chi connectivity index (χ1v) is 11.1. The zero-order valence-corrected chi connectivity index (χ0v) is 17.4. The summed E-state index contributed by atoms with van der Waals surface area (Å²) < 4.78 is 13.9. The molecule has 1 aliphatic heterocycles. The van der Waals surface area contributed by atoms with Crippen molar-refractivity contribution >= 4 is 44.9 Å². The number of imidazole rings is 1. The Morgan fingerprint density at radius 2 is 2.30 bits per heavy atom. The van der Waals surface area contributed by atoms with Gasteiger partial charge in [-0.3, -0.25) is 4.57 Å². The van der Waals surface area contributed by atoms with Gasteiger partial charge in [0.25, 0.3) is 0 Å². The molecule has 3 rings (SSSR count). The van der Waals surface area contributed by atoms with Gasteiger partial charge in [-0.15, -0.1) is 0 Å². The molecule has 1 fully saturated rings. The van der Waals surface area contributed by atoms with Crippen LogP contribution in [0.2, 0.25) is 0 Å². The molecule has 1 unspecified atom stereocenters. The normalized spacial score (nSPS) is 24.1. The van der Waals surface area contributed by atoms with E-state index in [1.54, 1.807) is 34.3 Å². The zero-order valence-electron chi connectivity index (χ0n) is 15.7. The Bertz CT molecular complexity index is 787. The summed E-state index contributed by atoms with van der Waals surface area (Å²) in [6.45, 7) is 1.90. The van der Waals surface area contributed by atoms with Crippen LogP contribution in [0.15, 0.2) is 17.6 Å². The van der Waals surface area contributed by atoms with Crippen molar-refractivity contribution in [1.29, 1.82) is 0 Å². The summed E-state index contributed by atoms with van der Waals surface area (Å²) in [6, 6.07) is 0. The lowest BCUT2D eigenvalue weighted by Gasteiger charge is -2.20. The minimum Gasteiger partial charge on any atom is -0.394 e. The number of aromatic nitrogens is 4. The van der Waals surface area contributed by atoms with E-state index < -0.39 is 0 Å². The summed E-state index contributed by atoms with van der Waals surface area (Å²) in [7, 11) is 7.06. The average molecular weight is 413 g/mol. The van der Waals surface area contributed by atoms with E-state index in [0.29, 0.717) is 23.4 Å². The molecule has 148 valence electrons. The van der Waals surface area contributed by atoms with Crippen LogP contribution in [0.25, 0.3) is 11.2 Å². The molecule has 2 aromatic rings. The fourth-order valence-corrected chi connectivity index (χ4v) is 4.31. The SMILES string of the molecule is CSS[C@@H](C)OC1C[C@H](n2cnc3c(/N=C/N(C)C)ncnc32)O[C@@H]1CO. The van der Waals surface area contributed by atoms with Crippen LogP contribution < -0.4 is 0 Å². The van der Waals surface area contributed by atoms with Crippen LogP contribution in [0.1, 0.15) is 19.6 Å². The molecular weight excluding hydrogens is 388 g/mol. The molecule has 9 nitrogen and oxygen atoms in total. The van der Waals surface area contributed by atoms with E-state index in [9.17, 15) is 5.11 Å². The second-order valence-electron chi connectivity index (χ2n) is 6.28. The average Bonchev–Trinajstić information content (AvgIpc) is 3.23. The van der Waals surface area contributed by atoms with Gasteiger partial charge >= 0.3 is 0 Å². The van der Waals surface area contributed by atoms with Crippen molar-refractivity contribution in [2.24, 2.45) is 4.99 Å². The van der Waals surface area contributed by atoms with Crippen LogP contribution in [0, 0.1) is 0 Å². The minimum absolute atomic E-state index is 0.00947. The number of fused-ring (bicyclic) bond motifs is 1. The molecule has 1 N–H and O–H groups in total. The van der Waals surface area contributed by atoms with Crippen LogP contribution in [0.3, 0.4) is 0 Å². The van der Waals surface area contributed by atoms with Crippen LogP contribution >= 0.6 is 21.6 Å². The van der Waals surface area contributed by atoms with Crippen LogP contribution in [-0.4, -0.2) is 80.5 Å². The number of rotatable bonds is 8. The van der Waals surface area contributed by atoms with Crippen molar-refractivity contribution in [3.8, 4) is 0 Å². The topological polar surface area (TPSA) is 97.9 Å². The van der Waals surface area contributed by atoms with E-state index in [0.717, 1.165) is 0 Å². The van der Waals surface area contributed by atoms with Crippen LogP contribution in [0.4, 0.5) is 5.82 Å². The molecule has 11 heteroatoms. The summed E-state index contributed by atoms with van der Waals surface area (Å²) >= 11 is 0. The van der Waals surface area contributed by atoms with E-state index in [1.165, 1.54) is 6.33 Å². The van der Waals surface area contributed by atoms with E-state index >= 15 is 0 Å². The van der Waals surface area contributed by atoms with E-state index in [2.05, 4.69) is 19.9 Å². The fraction of sp³-hybridized carbons (Fsp3) is 0.625.